The van der Waals surface area contributed by atoms with Gasteiger partial charge in [0.1, 0.15) is 0 Å². The van der Waals surface area contributed by atoms with Gasteiger partial charge < -0.3 is 0 Å². The van der Waals surface area contributed by atoms with Crippen LogP contribution in [0.15, 0.2) is 16.6 Å². The van der Waals surface area contributed by atoms with Gasteiger partial charge in [-0.25, -0.2) is 0 Å². The molecule has 14 heavy (non-hydrogen) atoms. The summed E-state index contributed by atoms with van der Waals surface area (Å²) in [5.41, 5.74) is -0.0708. The van der Waals surface area contributed by atoms with Gasteiger partial charge in [0.15, 0.2) is 0 Å². The van der Waals surface area contributed by atoms with Crippen molar-refractivity contribution >= 4 is 15.9 Å². The summed E-state index contributed by atoms with van der Waals surface area (Å²) in [6.45, 7) is 3.70. The molecule has 0 bridgehead atoms. The van der Waals surface area contributed by atoms with Crippen molar-refractivity contribution in [2.75, 3.05) is 0 Å². The molecule has 77 valence electrons. The van der Waals surface area contributed by atoms with Crippen LogP contribution in [0.5, 0.6) is 0 Å². The molecule has 0 atom stereocenters. The molecular weight excluding hydrogens is 257 g/mol. The molecule has 0 saturated carbocycles. The van der Waals surface area contributed by atoms with Gasteiger partial charge in [-0.05, 0) is 23.6 Å². The molecular formula is C10H9BrF3. The van der Waals surface area contributed by atoms with Gasteiger partial charge in [-0.15, -0.1) is 0 Å². The monoisotopic (exact) mass is 265 g/mol. The summed E-state index contributed by atoms with van der Waals surface area (Å²) in [6.07, 6.45) is -4.33. The van der Waals surface area contributed by atoms with E-state index in [1.165, 1.54) is 0 Å². The number of benzene rings is 1. The summed E-state index contributed by atoms with van der Waals surface area (Å²) in [7, 11) is 0. The first-order chi connectivity index (χ1) is 6.30. The minimum Gasteiger partial charge on any atom is -0.166 e. The van der Waals surface area contributed by atoms with Gasteiger partial charge in [0, 0.05) is 10.5 Å². The van der Waals surface area contributed by atoms with Crippen molar-refractivity contribution in [1.29, 1.82) is 0 Å². The van der Waals surface area contributed by atoms with Gasteiger partial charge >= 0.3 is 6.18 Å². The van der Waals surface area contributed by atoms with Crippen molar-refractivity contribution < 1.29 is 13.2 Å². The van der Waals surface area contributed by atoms with Crippen LogP contribution in [-0.4, -0.2) is 0 Å². The molecule has 0 amide bonds. The number of hydrogen-bond acceptors (Lipinski definition) is 0. The lowest BCUT2D eigenvalue weighted by molar-refractivity contribution is -0.137. The molecule has 0 aliphatic heterocycles. The van der Waals surface area contributed by atoms with E-state index in [2.05, 4.69) is 22.0 Å². The molecule has 0 fully saturated rings. The zero-order valence-electron chi connectivity index (χ0n) is 7.74. The predicted octanol–water partition coefficient (Wildman–Crippen LogP) is 4.39. The average molecular weight is 266 g/mol. The molecule has 1 rings (SSSR count). The van der Waals surface area contributed by atoms with E-state index in [4.69, 9.17) is 0 Å². The molecule has 0 N–H and O–H groups in total. The molecule has 0 aliphatic carbocycles. The number of halogens is 4. The zero-order valence-corrected chi connectivity index (χ0v) is 9.33. The summed E-state index contributed by atoms with van der Waals surface area (Å²) >= 11 is 3.02. The normalized spacial score (nSPS) is 12.2. The fourth-order valence-corrected chi connectivity index (χ4v) is 1.52. The Morgan fingerprint density at radius 1 is 1.29 bits per heavy atom. The Balaban J connectivity index is 3.21. The summed E-state index contributed by atoms with van der Waals surface area (Å²) < 4.78 is 37.4. The second kappa shape index (κ2) is 3.93. The standard InChI is InChI=1S/C10H9BrF3/c1-6(2)7-3-8(10(12,13)14)5-9(11)4-7/h3-4,6H,1-2H3. The van der Waals surface area contributed by atoms with Crippen molar-refractivity contribution in [3.8, 4) is 0 Å². The van der Waals surface area contributed by atoms with Crippen LogP contribution in [0.2, 0.25) is 0 Å². The SMILES string of the molecule is CC(C)c1cc(Br)[c]c(C(F)(F)F)c1. The third kappa shape index (κ3) is 2.74. The van der Waals surface area contributed by atoms with Crippen LogP contribution in [0, 0.1) is 6.07 Å². The lowest BCUT2D eigenvalue weighted by Crippen LogP contribution is -2.06. The van der Waals surface area contributed by atoms with Crippen LogP contribution < -0.4 is 0 Å². The molecule has 0 nitrogen and oxygen atoms in total. The molecule has 0 aromatic heterocycles. The Morgan fingerprint density at radius 3 is 2.29 bits per heavy atom. The first-order valence-electron chi connectivity index (χ1n) is 4.10. The van der Waals surface area contributed by atoms with E-state index in [0.717, 1.165) is 6.07 Å². The van der Waals surface area contributed by atoms with E-state index >= 15 is 0 Å². The predicted molar refractivity (Wildman–Crippen MR) is 52.1 cm³/mol. The molecule has 0 saturated heterocycles. The third-order valence-electron chi connectivity index (χ3n) is 1.83. The van der Waals surface area contributed by atoms with Crippen LogP contribution >= 0.6 is 15.9 Å². The van der Waals surface area contributed by atoms with Crippen molar-refractivity contribution in [3.05, 3.63) is 33.8 Å². The van der Waals surface area contributed by atoms with E-state index < -0.39 is 11.7 Å². The summed E-state index contributed by atoms with van der Waals surface area (Å²) in [5, 5.41) is 0. The largest absolute Gasteiger partial charge is 0.417 e. The number of rotatable bonds is 1. The van der Waals surface area contributed by atoms with Gasteiger partial charge in [-0.3, -0.25) is 0 Å². The fourth-order valence-electron chi connectivity index (χ4n) is 1.04. The van der Waals surface area contributed by atoms with E-state index in [1.807, 2.05) is 13.8 Å². The van der Waals surface area contributed by atoms with Crippen LogP contribution in [0.1, 0.15) is 30.9 Å². The second-order valence-electron chi connectivity index (χ2n) is 3.33. The van der Waals surface area contributed by atoms with Crippen LogP contribution in [0.4, 0.5) is 13.2 Å². The first-order valence-corrected chi connectivity index (χ1v) is 4.90. The lowest BCUT2D eigenvalue weighted by atomic mass is 10.0. The molecule has 0 heterocycles. The number of alkyl halides is 3. The Hall–Kier alpha value is -0.510. The molecule has 0 aliphatic rings. The van der Waals surface area contributed by atoms with E-state index in [0.29, 0.717) is 10.0 Å². The van der Waals surface area contributed by atoms with Crippen molar-refractivity contribution in [2.45, 2.75) is 25.9 Å². The fraction of sp³-hybridized carbons (Fsp3) is 0.400. The van der Waals surface area contributed by atoms with Gasteiger partial charge in [-0.1, -0.05) is 29.8 Å². The quantitative estimate of drug-likeness (QED) is 0.707. The Bertz CT molecular complexity index is 329. The molecule has 0 unspecified atom stereocenters. The first kappa shape index (κ1) is 11.6. The molecule has 1 aromatic rings. The van der Waals surface area contributed by atoms with Crippen molar-refractivity contribution in [1.82, 2.24) is 0 Å². The maximum Gasteiger partial charge on any atom is 0.417 e. The minimum absolute atomic E-state index is 0.0713. The van der Waals surface area contributed by atoms with Crippen molar-refractivity contribution in [2.24, 2.45) is 0 Å². The molecule has 4 heteroatoms. The van der Waals surface area contributed by atoms with Crippen molar-refractivity contribution in [3.63, 3.8) is 0 Å². The van der Waals surface area contributed by atoms with Gasteiger partial charge in [0.2, 0.25) is 0 Å². The summed E-state index contributed by atoms with van der Waals surface area (Å²) in [4.78, 5) is 0. The number of hydrogen-bond donors (Lipinski definition) is 0. The molecule has 0 spiro atoms. The Labute approximate surface area is 89.3 Å². The van der Waals surface area contributed by atoms with Gasteiger partial charge in [0.05, 0.1) is 5.56 Å². The van der Waals surface area contributed by atoms with E-state index in [9.17, 15) is 13.2 Å². The third-order valence-corrected chi connectivity index (χ3v) is 2.26. The van der Waals surface area contributed by atoms with Crippen LogP contribution in [0.25, 0.3) is 0 Å². The van der Waals surface area contributed by atoms with E-state index in [-0.39, 0.29) is 5.92 Å². The smallest absolute Gasteiger partial charge is 0.166 e. The van der Waals surface area contributed by atoms with Gasteiger partial charge in [0.25, 0.3) is 0 Å². The highest BCUT2D eigenvalue weighted by atomic mass is 79.9. The van der Waals surface area contributed by atoms with Crippen LogP contribution in [-0.2, 0) is 6.18 Å². The second-order valence-corrected chi connectivity index (χ2v) is 4.18. The Morgan fingerprint density at radius 2 is 1.86 bits per heavy atom. The summed E-state index contributed by atoms with van der Waals surface area (Å²) in [5.74, 6) is 0.0713. The molecule has 1 radical (unpaired) electrons. The topological polar surface area (TPSA) is 0 Å². The zero-order chi connectivity index (χ0) is 10.9. The lowest BCUT2D eigenvalue weighted by Gasteiger charge is -2.11. The van der Waals surface area contributed by atoms with Crippen LogP contribution in [0.3, 0.4) is 0 Å². The maximum absolute atomic E-state index is 12.4. The minimum atomic E-state index is -4.33. The average Bonchev–Trinajstić information content (AvgIpc) is 2.01. The maximum atomic E-state index is 12.4. The summed E-state index contributed by atoms with van der Waals surface area (Å²) in [6, 6.07) is 5.02. The highest BCUT2D eigenvalue weighted by Gasteiger charge is 2.31. The highest BCUT2D eigenvalue weighted by Crippen LogP contribution is 2.33. The van der Waals surface area contributed by atoms with E-state index in [1.54, 1.807) is 6.07 Å². The Kier molecular flexibility index (Phi) is 3.24. The molecule has 1 aromatic carbocycles. The van der Waals surface area contributed by atoms with Gasteiger partial charge in [-0.2, -0.15) is 13.2 Å². The highest BCUT2D eigenvalue weighted by molar-refractivity contribution is 9.10.